The molecule has 0 bridgehead atoms. The Hall–Kier alpha value is -7.41. The zero-order valence-corrected chi connectivity index (χ0v) is 53.0. The zero-order chi connectivity index (χ0) is 57.9. The predicted octanol–water partition coefficient (Wildman–Crippen LogP) is 14.7. The first kappa shape index (κ1) is 52.0. The molecule has 17 rings (SSSR count). The number of rotatable bonds is 4. The maximum Gasteiger partial charge on any atom is 0.264 e. The van der Waals surface area contributed by atoms with E-state index in [9.17, 15) is 0 Å². The summed E-state index contributed by atoms with van der Waals surface area (Å²) in [6.07, 6.45) is 4.48. The smallest absolute Gasteiger partial charge is 0.264 e. The molecule has 0 saturated carbocycles. The second-order valence-corrected chi connectivity index (χ2v) is 30.6. The van der Waals surface area contributed by atoms with E-state index in [-0.39, 0.29) is 36.4 Å². The Labute approximate surface area is 516 Å². The molecule has 0 atom stereocenters. The summed E-state index contributed by atoms with van der Waals surface area (Å²) in [5, 5.41) is 6.78. The quantitative estimate of drug-likeness (QED) is 0.138. The van der Waals surface area contributed by atoms with Crippen molar-refractivity contribution < 1.29 is 4.74 Å². The molecule has 6 aliphatic heterocycles. The lowest BCUT2D eigenvalue weighted by Gasteiger charge is -2.45. The maximum absolute atomic E-state index is 7.60. The molecule has 9 aromatic carbocycles. The van der Waals surface area contributed by atoms with Crippen molar-refractivity contribution in [1.29, 1.82) is 0 Å². The van der Waals surface area contributed by atoms with Crippen LogP contribution in [-0.2, 0) is 16.2 Å². The van der Waals surface area contributed by atoms with Gasteiger partial charge in [0, 0.05) is 88.1 Å². The maximum atomic E-state index is 7.60. The highest BCUT2D eigenvalue weighted by Crippen LogP contribution is 2.52. The van der Waals surface area contributed by atoms with Crippen LogP contribution in [0, 0.1) is 0 Å². The van der Waals surface area contributed by atoms with Gasteiger partial charge in [-0.25, -0.2) is 0 Å². The lowest BCUT2D eigenvalue weighted by Crippen LogP contribution is -2.65. The van der Waals surface area contributed by atoms with Gasteiger partial charge in [0.15, 0.2) is 0 Å². The van der Waals surface area contributed by atoms with Crippen molar-refractivity contribution in [3.8, 4) is 11.5 Å². The second-order valence-electron chi connectivity index (χ2n) is 26.9. The first-order valence-electron chi connectivity index (χ1n) is 29.7. The second kappa shape index (κ2) is 18.1. The Balaban J connectivity index is 0.943. The SMILES string of the molecule is CSN1c2cc3c(cc2B2c4cc5c(cc4Oc4cc(C(C)(C)C)cc1c42)N(SC)c1cc(C(C)(C)C)cc2c1B5c1sc4ccccc4c1N2c1ccccc1)B1c2sc4ccccc4c2N(c2ccccc2)c2cc(C(C)(C)C)cc(c21)N3. The van der Waals surface area contributed by atoms with Crippen LogP contribution in [0.3, 0.4) is 0 Å². The normalized spacial score (nSPS) is 14.9. The number of hydrogen-bond acceptors (Lipinski definition) is 10. The summed E-state index contributed by atoms with van der Waals surface area (Å²) in [7, 11) is 0. The average molecular weight is 1170 g/mol. The van der Waals surface area contributed by atoms with E-state index in [4.69, 9.17) is 4.74 Å². The largest absolute Gasteiger partial charge is 0.458 e. The lowest BCUT2D eigenvalue weighted by molar-refractivity contribution is 0.483. The van der Waals surface area contributed by atoms with Crippen molar-refractivity contribution >= 4 is 203 Å². The van der Waals surface area contributed by atoms with Gasteiger partial charge in [-0.05, 0) is 174 Å². The molecule has 0 aliphatic carbocycles. The minimum Gasteiger partial charge on any atom is -0.458 e. The fraction of sp³-hybridized carbons (Fsp3) is 0.194. The number of hydrogen-bond donors (Lipinski definition) is 1. The minimum atomic E-state index is -0.135. The number of nitrogens with zero attached hydrogens (tertiary/aromatic N) is 4. The standard InChI is InChI=1S/C72H62B3N5OS4/c1-70(2,3)40-30-52-63-55(31-40)77(43-22-14-12-15-23-43)66-45-26-18-20-28-61(45)84-68(66)74(63)47-36-48-53(38-51(47)76-52)79(82-10)58-34-42(72(7,8)9)35-60-65(58)73(48)50-37-49-54(39-59(50)81-60)80(83-11)57-33-41(71(4,5)6)32-56-64(57)75(49)69-67(46-27-19-21-29-62(46)85-69)78(56)44-24-16-13-17-25-44/h12-39,76H,1-11H3. The average Bonchev–Trinajstić information content (AvgIpc) is 1.76. The van der Waals surface area contributed by atoms with Crippen molar-refractivity contribution in [3.63, 3.8) is 0 Å². The third kappa shape index (κ3) is 7.36. The highest BCUT2D eigenvalue weighted by atomic mass is 32.2. The predicted molar refractivity (Wildman–Crippen MR) is 377 cm³/mol. The summed E-state index contributed by atoms with van der Waals surface area (Å²) in [6.45, 7) is 20.9. The molecule has 0 unspecified atom stereocenters. The van der Waals surface area contributed by atoms with E-state index in [1.807, 2.05) is 22.7 Å². The van der Waals surface area contributed by atoms with Gasteiger partial charge in [-0.2, -0.15) is 0 Å². The van der Waals surface area contributed by atoms with Crippen molar-refractivity contribution in [1.82, 2.24) is 0 Å². The molecule has 8 heterocycles. The Bertz CT molecular complexity index is 4710. The van der Waals surface area contributed by atoms with E-state index in [1.165, 1.54) is 147 Å². The lowest BCUT2D eigenvalue weighted by atomic mass is 9.30. The van der Waals surface area contributed by atoms with Crippen LogP contribution in [0.15, 0.2) is 170 Å². The molecule has 13 heteroatoms. The Morgan fingerprint density at radius 3 is 1.42 bits per heavy atom. The summed E-state index contributed by atoms with van der Waals surface area (Å²) in [6, 6.07) is 65.2. The van der Waals surface area contributed by atoms with Gasteiger partial charge in [-0.1, -0.05) is 147 Å². The molecular formula is C72H62B3N5OS4. The number of benzene rings is 9. The van der Waals surface area contributed by atoms with E-state index in [0.717, 1.165) is 17.2 Å². The summed E-state index contributed by atoms with van der Waals surface area (Å²) >= 11 is 7.50. The van der Waals surface area contributed by atoms with E-state index in [2.05, 4.69) is 268 Å². The third-order valence-electron chi connectivity index (χ3n) is 18.9. The van der Waals surface area contributed by atoms with Gasteiger partial charge in [-0.15, -0.1) is 22.7 Å². The Morgan fingerprint density at radius 1 is 0.400 bits per heavy atom. The van der Waals surface area contributed by atoms with Gasteiger partial charge >= 0.3 is 0 Å². The van der Waals surface area contributed by atoms with Crippen LogP contribution in [-0.4, -0.2) is 32.6 Å². The van der Waals surface area contributed by atoms with Crippen LogP contribution >= 0.6 is 46.6 Å². The number of para-hydroxylation sites is 2. The zero-order valence-electron chi connectivity index (χ0n) is 49.7. The van der Waals surface area contributed by atoms with Gasteiger partial charge in [0.1, 0.15) is 11.5 Å². The van der Waals surface area contributed by atoms with Crippen molar-refractivity contribution in [2.75, 3.05) is 36.2 Å². The van der Waals surface area contributed by atoms with Gasteiger partial charge in [-0.3, -0.25) is 8.61 Å². The van der Waals surface area contributed by atoms with Crippen molar-refractivity contribution in [3.05, 3.63) is 187 Å². The van der Waals surface area contributed by atoms with Gasteiger partial charge in [0.25, 0.3) is 20.1 Å². The molecule has 0 amide bonds. The summed E-state index contributed by atoms with van der Waals surface area (Å²) in [5.74, 6) is 1.86. The molecule has 0 saturated heterocycles. The fourth-order valence-corrected chi connectivity index (χ4v) is 18.8. The highest BCUT2D eigenvalue weighted by Gasteiger charge is 2.51. The number of ether oxygens (including phenoxy) is 1. The van der Waals surface area contributed by atoms with Crippen LogP contribution in [0.5, 0.6) is 11.5 Å². The van der Waals surface area contributed by atoms with E-state index < -0.39 is 0 Å². The fourth-order valence-electron chi connectivity index (χ4n) is 14.8. The minimum absolute atomic E-state index is 0.0214. The van der Waals surface area contributed by atoms with Gasteiger partial charge < -0.3 is 19.9 Å². The summed E-state index contributed by atoms with van der Waals surface area (Å²) in [5.41, 5.74) is 27.2. The molecular weight excluding hydrogens is 1110 g/mol. The number of fused-ring (bicyclic) bond motifs is 16. The summed E-state index contributed by atoms with van der Waals surface area (Å²) in [4.78, 5) is 5.16. The highest BCUT2D eigenvalue weighted by molar-refractivity contribution is 8.00. The Morgan fingerprint density at radius 2 is 0.859 bits per heavy atom. The number of nitrogens with one attached hydrogen (secondary N) is 1. The van der Waals surface area contributed by atoms with Crippen molar-refractivity contribution in [2.45, 2.75) is 78.6 Å². The molecule has 2 aromatic heterocycles. The molecule has 0 fully saturated rings. The Kier molecular flexibility index (Phi) is 11.1. The number of anilines is 12. The van der Waals surface area contributed by atoms with Crippen LogP contribution in [0.2, 0.25) is 0 Å². The monoisotopic (exact) mass is 1170 g/mol. The first-order valence-corrected chi connectivity index (χ1v) is 33.7. The first-order chi connectivity index (χ1) is 41.0. The molecule has 0 radical (unpaired) electrons. The molecule has 11 aromatic rings. The van der Waals surface area contributed by atoms with Gasteiger partial charge in [0.05, 0.1) is 28.4 Å². The van der Waals surface area contributed by atoms with Gasteiger partial charge in [0.2, 0.25) is 0 Å². The topological polar surface area (TPSA) is 34.2 Å². The van der Waals surface area contributed by atoms with E-state index >= 15 is 0 Å². The van der Waals surface area contributed by atoms with E-state index in [1.54, 1.807) is 23.9 Å². The van der Waals surface area contributed by atoms with Crippen LogP contribution in [0.1, 0.15) is 79.0 Å². The third-order valence-corrected chi connectivity index (χ3v) is 22.9. The molecule has 414 valence electrons. The molecule has 6 aliphatic rings. The van der Waals surface area contributed by atoms with E-state index in [0.29, 0.717) is 0 Å². The van der Waals surface area contributed by atoms with Crippen molar-refractivity contribution in [2.24, 2.45) is 0 Å². The molecule has 6 nitrogen and oxygen atoms in total. The summed E-state index contributed by atoms with van der Waals surface area (Å²) < 4.78 is 18.0. The molecule has 0 spiro atoms. The van der Waals surface area contributed by atoms with Crippen LogP contribution in [0.25, 0.3) is 20.2 Å². The van der Waals surface area contributed by atoms with Crippen LogP contribution < -0.4 is 76.3 Å². The molecule has 1 N–H and O–H groups in total. The number of thiophene rings is 2. The van der Waals surface area contributed by atoms with Crippen LogP contribution in [0.4, 0.5) is 68.2 Å². The molecule has 85 heavy (non-hydrogen) atoms.